The van der Waals surface area contributed by atoms with Crippen molar-refractivity contribution in [3.63, 3.8) is 0 Å². The van der Waals surface area contributed by atoms with Crippen LogP contribution in [0.2, 0.25) is 0 Å². The summed E-state index contributed by atoms with van der Waals surface area (Å²) >= 11 is 0. The molecule has 0 aromatic rings. The molecule has 0 fully saturated rings. The van der Waals surface area contributed by atoms with Crippen molar-refractivity contribution >= 4 is 0 Å². The molecule has 0 saturated carbocycles. The standard InChI is InChI=1S/C11H21NO2/c1-4-7-12(8-5-2)11(6-3,9-13)10-14/h4-5,13-14H,1-2,6-10H2,3H3. The summed E-state index contributed by atoms with van der Waals surface area (Å²) in [5.74, 6) is 0. The Morgan fingerprint density at radius 2 is 1.57 bits per heavy atom. The van der Waals surface area contributed by atoms with E-state index in [0.29, 0.717) is 19.5 Å². The van der Waals surface area contributed by atoms with Gasteiger partial charge in [0.15, 0.2) is 0 Å². The first kappa shape index (κ1) is 13.4. The molecular formula is C11H21NO2. The molecular weight excluding hydrogens is 178 g/mol. The van der Waals surface area contributed by atoms with Gasteiger partial charge < -0.3 is 10.2 Å². The molecule has 2 N–H and O–H groups in total. The fourth-order valence-electron chi connectivity index (χ4n) is 1.47. The van der Waals surface area contributed by atoms with Crippen molar-refractivity contribution in [3.05, 3.63) is 25.3 Å². The lowest BCUT2D eigenvalue weighted by Crippen LogP contribution is -2.54. The molecule has 3 nitrogen and oxygen atoms in total. The average molecular weight is 199 g/mol. The Hall–Kier alpha value is -0.640. The van der Waals surface area contributed by atoms with Crippen LogP contribution in [0.5, 0.6) is 0 Å². The summed E-state index contributed by atoms with van der Waals surface area (Å²) < 4.78 is 0. The quantitative estimate of drug-likeness (QED) is 0.568. The summed E-state index contributed by atoms with van der Waals surface area (Å²) in [6.45, 7) is 10.4. The van der Waals surface area contributed by atoms with Gasteiger partial charge in [-0.05, 0) is 6.42 Å². The number of aliphatic hydroxyl groups excluding tert-OH is 2. The second kappa shape index (κ2) is 6.76. The van der Waals surface area contributed by atoms with Gasteiger partial charge in [-0.15, -0.1) is 13.2 Å². The summed E-state index contributed by atoms with van der Waals surface area (Å²) in [6.07, 6.45) is 4.22. The zero-order valence-electron chi connectivity index (χ0n) is 8.95. The summed E-state index contributed by atoms with van der Waals surface area (Å²) in [5.41, 5.74) is -0.553. The zero-order valence-corrected chi connectivity index (χ0v) is 8.95. The number of rotatable bonds is 8. The lowest BCUT2D eigenvalue weighted by atomic mass is 9.95. The van der Waals surface area contributed by atoms with Crippen LogP contribution in [0.25, 0.3) is 0 Å². The lowest BCUT2D eigenvalue weighted by Gasteiger charge is -2.40. The molecule has 3 heteroatoms. The fraction of sp³-hybridized carbons (Fsp3) is 0.636. The maximum atomic E-state index is 9.33. The van der Waals surface area contributed by atoms with Gasteiger partial charge in [0.2, 0.25) is 0 Å². The van der Waals surface area contributed by atoms with Crippen LogP contribution in [0, 0.1) is 0 Å². The van der Waals surface area contributed by atoms with Gasteiger partial charge in [0, 0.05) is 13.1 Å². The van der Waals surface area contributed by atoms with Crippen LogP contribution in [0.3, 0.4) is 0 Å². The Labute approximate surface area is 86.4 Å². The van der Waals surface area contributed by atoms with Gasteiger partial charge in [0.25, 0.3) is 0 Å². The van der Waals surface area contributed by atoms with E-state index in [2.05, 4.69) is 13.2 Å². The van der Waals surface area contributed by atoms with Gasteiger partial charge in [-0.3, -0.25) is 4.90 Å². The highest BCUT2D eigenvalue weighted by Gasteiger charge is 2.32. The molecule has 0 saturated heterocycles. The highest BCUT2D eigenvalue weighted by atomic mass is 16.3. The van der Waals surface area contributed by atoms with E-state index in [4.69, 9.17) is 0 Å². The first-order chi connectivity index (χ1) is 6.70. The molecule has 0 aliphatic heterocycles. The molecule has 0 aliphatic carbocycles. The molecule has 0 aromatic heterocycles. The Morgan fingerprint density at radius 1 is 1.14 bits per heavy atom. The third-order valence-electron chi connectivity index (χ3n) is 2.62. The van der Waals surface area contributed by atoms with Crippen molar-refractivity contribution in [1.29, 1.82) is 0 Å². The molecule has 82 valence electrons. The van der Waals surface area contributed by atoms with E-state index in [-0.39, 0.29) is 13.2 Å². The van der Waals surface area contributed by atoms with Crippen LogP contribution >= 0.6 is 0 Å². The first-order valence-corrected chi connectivity index (χ1v) is 4.89. The van der Waals surface area contributed by atoms with Gasteiger partial charge in [0.05, 0.1) is 18.8 Å². The van der Waals surface area contributed by atoms with Crippen LogP contribution in [-0.4, -0.2) is 47.0 Å². The van der Waals surface area contributed by atoms with E-state index in [9.17, 15) is 10.2 Å². The van der Waals surface area contributed by atoms with Crippen molar-refractivity contribution in [2.75, 3.05) is 26.3 Å². The maximum absolute atomic E-state index is 9.33. The van der Waals surface area contributed by atoms with Gasteiger partial charge in [0.1, 0.15) is 0 Å². The van der Waals surface area contributed by atoms with E-state index in [1.165, 1.54) is 0 Å². The van der Waals surface area contributed by atoms with E-state index >= 15 is 0 Å². The monoisotopic (exact) mass is 199 g/mol. The second-order valence-corrected chi connectivity index (χ2v) is 3.38. The number of hydrogen-bond donors (Lipinski definition) is 2. The molecule has 0 aromatic carbocycles. The second-order valence-electron chi connectivity index (χ2n) is 3.38. The Kier molecular flexibility index (Phi) is 6.45. The van der Waals surface area contributed by atoms with Gasteiger partial charge in [-0.1, -0.05) is 19.1 Å². The average Bonchev–Trinajstić information content (AvgIpc) is 2.22. The van der Waals surface area contributed by atoms with Crippen LogP contribution < -0.4 is 0 Å². The molecule has 0 spiro atoms. The van der Waals surface area contributed by atoms with Crippen molar-refractivity contribution in [2.24, 2.45) is 0 Å². The van der Waals surface area contributed by atoms with Gasteiger partial charge in [-0.2, -0.15) is 0 Å². The summed E-state index contributed by atoms with van der Waals surface area (Å²) in [5, 5.41) is 18.7. The summed E-state index contributed by atoms with van der Waals surface area (Å²) in [7, 11) is 0. The molecule has 0 radical (unpaired) electrons. The van der Waals surface area contributed by atoms with E-state index < -0.39 is 5.54 Å². The van der Waals surface area contributed by atoms with Crippen LogP contribution in [0.15, 0.2) is 25.3 Å². The smallest absolute Gasteiger partial charge is 0.0675 e. The Morgan fingerprint density at radius 3 is 1.79 bits per heavy atom. The highest BCUT2D eigenvalue weighted by Crippen LogP contribution is 2.18. The molecule has 0 rings (SSSR count). The molecule has 0 amide bonds. The molecule has 14 heavy (non-hydrogen) atoms. The minimum atomic E-state index is -0.553. The first-order valence-electron chi connectivity index (χ1n) is 4.89. The fourth-order valence-corrected chi connectivity index (χ4v) is 1.47. The van der Waals surface area contributed by atoms with E-state index in [1.807, 2.05) is 11.8 Å². The maximum Gasteiger partial charge on any atom is 0.0675 e. The third-order valence-corrected chi connectivity index (χ3v) is 2.62. The van der Waals surface area contributed by atoms with Gasteiger partial charge >= 0.3 is 0 Å². The van der Waals surface area contributed by atoms with Crippen molar-refractivity contribution in [3.8, 4) is 0 Å². The zero-order chi connectivity index (χ0) is 11.0. The Balaban J connectivity index is 4.67. The van der Waals surface area contributed by atoms with Crippen LogP contribution in [0.4, 0.5) is 0 Å². The summed E-state index contributed by atoms with van der Waals surface area (Å²) in [6, 6.07) is 0. The number of aliphatic hydroxyl groups is 2. The van der Waals surface area contributed by atoms with Gasteiger partial charge in [-0.25, -0.2) is 0 Å². The number of hydrogen-bond acceptors (Lipinski definition) is 3. The highest BCUT2D eigenvalue weighted by molar-refractivity contribution is 4.94. The minimum absolute atomic E-state index is 0.0539. The van der Waals surface area contributed by atoms with Crippen molar-refractivity contribution in [1.82, 2.24) is 4.90 Å². The van der Waals surface area contributed by atoms with Crippen LogP contribution in [-0.2, 0) is 0 Å². The molecule has 0 bridgehead atoms. The number of nitrogens with zero attached hydrogens (tertiary/aromatic N) is 1. The minimum Gasteiger partial charge on any atom is -0.394 e. The topological polar surface area (TPSA) is 43.7 Å². The predicted molar refractivity (Wildman–Crippen MR) is 59.2 cm³/mol. The van der Waals surface area contributed by atoms with E-state index in [0.717, 1.165) is 0 Å². The molecule has 0 atom stereocenters. The predicted octanol–water partition coefficient (Wildman–Crippen LogP) is 0.794. The SMILES string of the molecule is C=CCN(CC=C)C(CC)(CO)CO. The Bertz CT molecular complexity index is 158. The molecule has 0 heterocycles. The summed E-state index contributed by atoms with van der Waals surface area (Å²) in [4.78, 5) is 1.98. The molecule has 0 aliphatic rings. The normalized spacial score (nSPS) is 11.7. The van der Waals surface area contributed by atoms with Crippen molar-refractivity contribution < 1.29 is 10.2 Å². The van der Waals surface area contributed by atoms with E-state index in [1.54, 1.807) is 12.2 Å². The molecule has 0 unspecified atom stereocenters. The van der Waals surface area contributed by atoms with Crippen LogP contribution in [0.1, 0.15) is 13.3 Å². The third kappa shape index (κ3) is 2.94. The van der Waals surface area contributed by atoms with Crippen molar-refractivity contribution in [2.45, 2.75) is 18.9 Å². The lowest BCUT2D eigenvalue weighted by molar-refractivity contribution is -0.00313. The largest absolute Gasteiger partial charge is 0.394 e.